The maximum Gasteiger partial charge on any atom is 0.105 e. The van der Waals surface area contributed by atoms with Crippen LogP contribution >= 0.6 is 12.4 Å². The van der Waals surface area contributed by atoms with Crippen LogP contribution in [0.5, 0.6) is 0 Å². The van der Waals surface area contributed by atoms with E-state index in [1.807, 2.05) is 31.3 Å². The van der Waals surface area contributed by atoms with Gasteiger partial charge in [-0.2, -0.15) is 0 Å². The van der Waals surface area contributed by atoms with Crippen molar-refractivity contribution < 1.29 is 4.42 Å². The maximum atomic E-state index is 5.26. The first-order chi connectivity index (χ1) is 7.86. The molecule has 0 radical (unpaired) electrons. The molecule has 17 heavy (non-hydrogen) atoms. The highest BCUT2D eigenvalue weighted by Crippen LogP contribution is 2.03. The number of hydrogen-bond acceptors (Lipinski definition) is 3. The van der Waals surface area contributed by atoms with Crippen LogP contribution in [0.4, 0.5) is 0 Å². The summed E-state index contributed by atoms with van der Waals surface area (Å²) in [5.74, 6) is 1.02. The molecule has 0 aromatic carbocycles. The molecule has 3 nitrogen and oxygen atoms in total. The van der Waals surface area contributed by atoms with Crippen LogP contribution in [-0.4, -0.2) is 11.5 Å². The lowest BCUT2D eigenvalue weighted by molar-refractivity contribution is 0.498. The molecule has 0 aliphatic carbocycles. The first kappa shape index (κ1) is 13.7. The minimum Gasteiger partial charge on any atom is -0.469 e. The van der Waals surface area contributed by atoms with E-state index in [0.717, 1.165) is 31.0 Å². The van der Waals surface area contributed by atoms with E-state index in [9.17, 15) is 0 Å². The average molecular weight is 253 g/mol. The van der Waals surface area contributed by atoms with E-state index in [4.69, 9.17) is 4.42 Å². The van der Waals surface area contributed by atoms with Crippen molar-refractivity contribution in [2.45, 2.75) is 19.9 Å². The van der Waals surface area contributed by atoms with Crippen molar-refractivity contribution in [2.75, 3.05) is 6.54 Å². The number of rotatable bonds is 5. The second-order valence-corrected chi connectivity index (χ2v) is 3.75. The Bertz CT molecular complexity index is 429. The van der Waals surface area contributed by atoms with E-state index in [2.05, 4.69) is 16.4 Å². The molecule has 2 aromatic heterocycles. The fraction of sp³-hybridized carbons (Fsp3) is 0.308. The van der Waals surface area contributed by atoms with Gasteiger partial charge in [0, 0.05) is 31.4 Å². The molecule has 1 N–H and O–H groups in total. The molecule has 0 saturated heterocycles. The van der Waals surface area contributed by atoms with Gasteiger partial charge in [-0.1, -0.05) is 6.07 Å². The molecule has 92 valence electrons. The summed E-state index contributed by atoms with van der Waals surface area (Å²) in [7, 11) is 0. The molecule has 0 unspecified atom stereocenters. The van der Waals surface area contributed by atoms with Crippen LogP contribution in [0.2, 0.25) is 0 Å². The topological polar surface area (TPSA) is 38.1 Å². The first-order valence-electron chi connectivity index (χ1n) is 5.50. The summed E-state index contributed by atoms with van der Waals surface area (Å²) >= 11 is 0. The molecule has 2 aromatic rings. The number of halogens is 1. The zero-order valence-electron chi connectivity index (χ0n) is 9.85. The fourth-order valence-corrected chi connectivity index (χ4v) is 1.59. The summed E-state index contributed by atoms with van der Waals surface area (Å²) in [6.45, 7) is 3.81. The van der Waals surface area contributed by atoms with Gasteiger partial charge in [-0.3, -0.25) is 4.98 Å². The lowest BCUT2D eigenvalue weighted by Crippen LogP contribution is -2.17. The lowest BCUT2D eigenvalue weighted by Gasteiger charge is -2.05. The average Bonchev–Trinajstić information content (AvgIpc) is 2.79. The number of hydrogen-bond donors (Lipinski definition) is 1. The van der Waals surface area contributed by atoms with Gasteiger partial charge in [-0.15, -0.1) is 12.4 Å². The highest BCUT2D eigenvalue weighted by atomic mass is 35.5. The molecule has 4 heteroatoms. The van der Waals surface area contributed by atoms with E-state index >= 15 is 0 Å². The number of aryl methyl sites for hydroxylation is 1. The van der Waals surface area contributed by atoms with Gasteiger partial charge < -0.3 is 9.73 Å². The second-order valence-electron chi connectivity index (χ2n) is 3.75. The smallest absolute Gasteiger partial charge is 0.105 e. The molecule has 0 bridgehead atoms. The van der Waals surface area contributed by atoms with Crippen molar-refractivity contribution >= 4 is 12.4 Å². The summed E-state index contributed by atoms with van der Waals surface area (Å²) in [6, 6.07) is 7.98. The summed E-state index contributed by atoms with van der Waals surface area (Å²) in [5, 5.41) is 3.38. The highest BCUT2D eigenvalue weighted by molar-refractivity contribution is 5.85. The molecule has 0 fully saturated rings. The largest absolute Gasteiger partial charge is 0.469 e. The van der Waals surface area contributed by atoms with Gasteiger partial charge >= 0.3 is 0 Å². The van der Waals surface area contributed by atoms with E-state index in [0.29, 0.717) is 0 Å². The Labute approximate surface area is 108 Å². The summed E-state index contributed by atoms with van der Waals surface area (Å²) in [5.41, 5.74) is 2.34. The van der Waals surface area contributed by atoms with Crippen molar-refractivity contribution in [1.29, 1.82) is 0 Å². The molecule has 0 atom stereocenters. The predicted molar refractivity (Wildman–Crippen MR) is 70.3 cm³/mol. The minimum absolute atomic E-state index is 0. The Morgan fingerprint density at radius 3 is 2.88 bits per heavy atom. The lowest BCUT2D eigenvalue weighted by atomic mass is 10.2. The highest BCUT2D eigenvalue weighted by Gasteiger charge is 1.98. The summed E-state index contributed by atoms with van der Waals surface area (Å²) in [6.07, 6.45) is 4.45. The van der Waals surface area contributed by atoms with E-state index in [1.54, 1.807) is 6.26 Å². The van der Waals surface area contributed by atoms with Gasteiger partial charge in [0.2, 0.25) is 0 Å². The summed E-state index contributed by atoms with van der Waals surface area (Å²) in [4.78, 5) is 4.25. The van der Waals surface area contributed by atoms with Crippen LogP contribution in [0.15, 0.2) is 41.1 Å². The normalized spacial score (nSPS) is 9.94. The molecule has 2 heterocycles. The quantitative estimate of drug-likeness (QED) is 0.832. The van der Waals surface area contributed by atoms with E-state index < -0.39 is 0 Å². The van der Waals surface area contributed by atoms with Crippen molar-refractivity contribution in [1.82, 2.24) is 10.3 Å². The Kier molecular flexibility index (Phi) is 5.73. The van der Waals surface area contributed by atoms with Crippen LogP contribution < -0.4 is 5.32 Å². The van der Waals surface area contributed by atoms with Gasteiger partial charge in [-0.25, -0.2) is 0 Å². The maximum absolute atomic E-state index is 5.26. The Hall–Kier alpha value is -1.32. The monoisotopic (exact) mass is 252 g/mol. The standard InChI is InChI=1S/C13H16N2O.ClH/c1-11-12(4-2-7-15-11)10-14-8-6-13-5-3-9-16-13;/h2-5,7,9,14H,6,8,10H2,1H3;1H. The zero-order chi connectivity index (χ0) is 11.2. The minimum atomic E-state index is 0. The second kappa shape index (κ2) is 7.09. The van der Waals surface area contributed by atoms with Crippen molar-refractivity contribution in [3.05, 3.63) is 53.7 Å². The van der Waals surface area contributed by atoms with Gasteiger partial charge in [0.05, 0.1) is 6.26 Å². The van der Waals surface area contributed by atoms with E-state index in [1.165, 1.54) is 5.56 Å². The third-order valence-corrected chi connectivity index (χ3v) is 2.56. The van der Waals surface area contributed by atoms with Gasteiger partial charge in [-0.05, 0) is 30.7 Å². The molecular formula is C13H17ClN2O. The SMILES string of the molecule is Cc1ncccc1CNCCc1ccco1.Cl. The zero-order valence-corrected chi connectivity index (χ0v) is 10.7. The van der Waals surface area contributed by atoms with Crippen LogP contribution in [-0.2, 0) is 13.0 Å². The van der Waals surface area contributed by atoms with Crippen LogP contribution in [0, 0.1) is 6.92 Å². The molecule has 2 rings (SSSR count). The molecule has 0 amide bonds. The number of nitrogens with one attached hydrogen (secondary N) is 1. The summed E-state index contributed by atoms with van der Waals surface area (Å²) < 4.78 is 5.26. The number of furan rings is 1. The molecule has 0 saturated carbocycles. The Morgan fingerprint density at radius 1 is 1.29 bits per heavy atom. The van der Waals surface area contributed by atoms with Gasteiger partial charge in [0.25, 0.3) is 0 Å². The Balaban J connectivity index is 0.00000144. The van der Waals surface area contributed by atoms with Gasteiger partial charge in [0.1, 0.15) is 5.76 Å². The predicted octanol–water partition coefficient (Wildman–Crippen LogP) is 2.74. The van der Waals surface area contributed by atoms with E-state index in [-0.39, 0.29) is 12.4 Å². The fourth-order valence-electron chi connectivity index (χ4n) is 1.59. The molecule has 0 aliphatic rings. The van der Waals surface area contributed by atoms with Gasteiger partial charge in [0.15, 0.2) is 0 Å². The number of nitrogens with zero attached hydrogens (tertiary/aromatic N) is 1. The third-order valence-electron chi connectivity index (χ3n) is 2.56. The number of aromatic nitrogens is 1. The van der Waals surface area contributed by atoms with Crippen molar-refractivity contribution in [2.24, 2.45) is 0 Å². The molecule has 0 aliphatic heterocycles. The van der Waals surface area contributed by atoms with Crippen molar-refractivity contribution in [3.8, 4) is 0 Å². The molecule has 0 spiro atoms. The van der Waals surface area contributed by atoms with Crippen LogP contribution in [0.1, 0.15) is 17.0 Å². The molecular weight excluding hydrogens is 236 g/mol. The Morgan fingerprint density at radius 2 is 2.18 bits per heavy atom. The van der Waals surface area contributed by atoms with Crippen molar-refractivity contribution in [3.63, 3.8) is 0 Å². The number of pyridine rings is 1. The third kappa shape index (κ3) is 4.21. The van der Waals surface area contributed by atoms with Crippen LogP contribution in [0.3, 0.4) is 0 Å². The first-order valence-corrected chi connectivity index (χ1v) is 5.50. The van der Waals surface area contributed by atoms with Crippen LogP contribution in [0.25, 0.3) is 0 Å².